The van der Waals surface area contributed by atoms with Crippen LogP contribution >= 0.6 is 0 Å². The number of morpholine rings is 1. The Hall–Kier alpha value is -3.20. The number of nitrogens with zero attached hydrogens (tertiary/aromatic N) is 2. The predicted molar refractivity (Wildman–Crippen MR) is 137 cm³/mol. The highest BCUT2D eigenvalue weighted by molar-refractivity contribution is 7.92. The van der Waals surface area contributed by atoms with Crippen LogP contribution in [0.4, 0.5) is 5.69 Å². The van der Waals surface area contributed by atoms with Crippen molar-refractivity contribution < 1.29 is 17.9 Å². The third-order valence-corrected chi connectivity index (χ3v) is 7.93. The molecule has 184 valence electrons. The van der Waals surface area contributed by atoms with Gasteiger partial charge in [-0.05, 0) is 54.4 Å². The number of sulfonamides is 1. The third-order valence-electron chi connectivity index (χ3n) is 6.13. The standard InChI is InChI=1S/C27H31N3O4S/c1-21-6-12-26(13-7-21)35(32,33)29(2)25-10-8-24(9-11-25)27(31)28-19-22-4-3-5-23(18-22)20-30-14-16-34-17-15-30/h3-13,18H,14-17,19-20H2,1-2H3,(H,28,31). The lowest BCUT2D eigenvalue weighted by Gasteiger charge is -2.26. The molecule has 1 heterocycles. The van der Waals surface area contributed by atoms with Crippen molar-refractivity contribution in [2.45, 2.75) is 24.9 Å². The Kier molecular flexibility index (Phi) is 7.85. The molecule has 0 unspecified atom stereocenters. The van der Waals surface area contributed by atoms with Crippen molar-refractivity contribution in [3.8, 4) is 0 Å². The Labute approximate surface area is 207 Å². The first kappa shape index (κ1) is 24.9. The van der Waals surface area contributed by atoms with E-state index in [0.717, 1.165) is 44.0 Å². The molecule has 0 spiro atoms. The normalized spacial score (nSPS) is 14.5. The molecular formula is C27H31N3O4S. The van der Waals surface area contributed by atoms with E-state index in [9.17, 15) is 13.2 Å². The van der Waals surface area contributed by atoms with Crippen LogP contribution in [0.5, 0.6) is 0 Å². The van der Waals surface area contributed by atoms with E-state index in [1.165, 1.54) is 16.9 Å². The highest BCUT2D eigenvalue weighted by atomic mass is 32.2. The lowest BCUT2D eigenvalue weighted by molar-refractivity contribution is 0.0342. The first-order valence-corrected chi connectivity index (χ1v) is 13.1. The van der Waals surface area contributed by atoms with Gasteiger partial charge in [0.1, 0.15) is 0 Å². The fraction of sp³-hybridized carbons (Fsp3) is 0.296. The average molecular weight is 494 g/mol. The molecule has 0 saturated carbocycles. The SMILES string of the molecule is Cc1ccc(S(=O)(=O)N(C)c2ccc(C(=O)NCc3cccc(CN4CCOCC4)c3)cc2)cc1. The van der Waals surface area contributed by atoms with E-state index in [4.69, 9.17) is 4.74 Å². The molecular weight excluding hydrogens is 462 g/mol. The lowest BCUT2D eigenvalue weighted by Crippen LogP contribution is -2.35. The molecule has 1 aliphatic heterocycles. The zero-order chi connectivity index (χ0) is 24.8. The van der Waals surface area contributed by atoms with Gasteiger partial charge in [0.15, 0.2) is 0 Å². The third kappa shape index (κ3) is 6.28. The van der Waals surface area contributed by atoms with Crippen LogP contribution in [-0.4, -0.2) is 52.6 Å². The Morgan fingerprint density at radius 2 is 1.63 bits per heavy atom. The molecule has 35 heavy (non-hydrogen) atoms. The molecule has 0 aliphatic carbocycles. The van der Waals surface area contributed by atoms with Crippen LogP contribution in [0.15, 0.2) is 77.7 Å². The Morgan fingerprint density at radius 1 is 0.971 bits per heavy atom. The minimum Gasteiger partial charge on any atom is -0.379 e. The van der Waals surface area contributed by atoms with E-state index in [2.05, 4.69) is 22.3 Å². The second kappa shape index (κ2) is 11.0. The maximum Gasteiger partial charge on any atom is 0.264 e. The van der Waals surface area contributed by atoms with E-state index < -0.39 is 10.0 Å². The van der Waals surface area contributed by atoms with Gasteiger partial charge >= 0.3 is 0 Å². The van der Waals surface area contributed by atoms with Crippen molar-refractivity contribution in [2.24, 2.45) is 0 Å². The highest BCUT2D eigenvalue weighted by Crippen LogP contribution is 2.23. The smallest absolute Gasteiger partial charge is 0.264 e. The first-order valence-electron chi connectivity index (χ1n) is 11.6. The molecule has 0 bridgehead atoms. The number of aryl methyl sites for hydroxylation is 1. The quantitative estimate of drug-likeness (QED) is 0.519. The van der Waals surface area contributed by atoms with Gasteiger partial charge in [0.05, 0.1) is 23.8 Å². The molecule has 8 heteroatoms. The van der Waals surface area contributed by atoms with Crippen LogP contribution in [0.1, 0.15) is 27.0 Å². The highest BCUT2D eigenvalue weighted by Gasteiger charge is 2.21. The van der Waals surface area contributed by atoms with Crippen molar-refractivity contribution in [3.63, 3.8) is 0 Å². The molecule has 1 fully saturated rings. The van der Waals surface area contributed by atoms with Crippen LogP contribution in [0.3, 0.4) is 0 Å². The van der Waals surface area contributed by atoms with Crippen LogP contribution < -0.4 is 9.62 Å². The van der Waals surface area contributed by atoms with Gasteiger partial charge in [-0.3, -0.25) is 14.0 Å². The molecule has 0 atom stereocenters. The van der Waals surface area contributed by atoms with Gasteiger partial charge in [-0.2, -0.15) is 0 Å². The maximum atomic E-state index is 12.9. The van der Waals surface area contributed by atoms with Crippen molar-refractivity contribution in [2.75, 3.05) is 37.7 Å². The molecule has 1 aliphatic rings. The Morgan fingerprint density at radius 3 is 2.31 bits per heavy atom. The number of amides is 1. The zero-order valence-electron chi connectivity index (χ0n) is 20.1. The minimum atomic E-state index is -3.68. The number of nitrogens with one attached hydrogen (secondary N) is 1. The first-order chi connectivity index (χ1) is 16.8. The summed E-state index contributed by atoms with van der Waals surface area (Å²) in [6.07, 6.45) is 0. The van der Waals surface area contributed by atoms with Crippen molar-refractivity contribution in [1.82, 2.24) is 10.2 Å². The summed E-state index contributed by atoms with van der Waals surface area (Å²) in [4.78, 5) is 15.3. The van der Waals surface area contributed by atoms with E-state index in [1.54, 1.807) is 48.5 Å². The molecule has 0 aromatic heterocycles. The van der Waals surface area contributed by atoms with Crippen LogP contribution in [0.25, 0.3) is 0 Å². The Balaban J connectivity index is 1.36. The van der Waals surface area contributed by atoms with Crippen LogP contribution in [0.2, 0.25) is 0 Å². The molecule has 1 amide bonds. The van der Waals surface area contributed by atoms with Gasteiger partial charge in [-0.15, -0.1) is 0 Å². The maximum absolute atomic E-state index is 12.9. The lowest BCUT2D eigenvalue weighted by atomic mass is 10.1. The number of hydrogen-bond acceptors (Lipinski definition) is 5. The number of ether oxygens (including phenoxy) is 1. The molecule has 1 saturated heterocycles. The molecule has 3 aromatic carbocycles. The second-order valence-electron chi connectivity index (χ2n) is 8.72. The largest absolute Gasteiger partial charge is 0.379 e. The van der Waals surface area contributed by atoms with Crippen molar-refractivity contribution in [3.05, 3.63) is 95.1 Å². The summed E-state index contributed by atoms with van der Waals surface area (Å²) in [5.41, 5.74) is 4.19. The number of carbonyl (C=O) groups is 1. The van der Waals surface area contributed by atoms with E-state index in [1.807, 2.05) is 19.1 Å². The topological polar surface area (TPSA) is 79.0 Å². The van der Waals surface area contributed by atoms with Gasteiger partial charge in [0.25, 0.3) is 15.9 Å². The number of hydrogen-bond donors (Lipinski definition) is 1. The van der Waals surface area contributed by atoms with E-state index in [-0.39, 0.29) is 10.8 Å². The molecule has 0 radical (unpaired) electrons. The van der Waals surface area contributed by atoms with Crippen LogP contribution in [-0.2, 0) is 27.8 Å². The zero-order valence-corrected chi connectivity index (χ0v) is 20.9. The van der Waals surface area contributed by atoms with E-state index >= 15 is 0 Å². The molecule has 4 rings (SSSR count). The van der Waals surface area contributed by atoms with Gasteiger partial charge < -0.3 is 10.1 Å². The number of anilines is 1. The van der Waals surface area contributed by atoms with Gasteiger partial charge in [0, 0.05) is 38.8 Å². The van der Waals surface area contributed by atoms with Crippen molar-refractivity contribution in [1.29, 1.82) is 0 Å². The summed E-state index contributed by atoms with van der Waals surface area (Å²) in [7, 11) is -2.17. The molecule has 3 aromatic rings. The summed E-state index contributed by atoms with van der Waals surface area (Å²) < 4.78 is 32.5. The van der Waals surface area contributed by atoms with Gasteiger partial charge in [-0.1, -0.05) is 42.0 Å². The second-order valence-corrected chi connectivity index (χ2v) is 10.7. The summed E-state index contributed by atoms with van der Waals surface area (Å²) in [6.45, 7) is 6.58. The monoisotopic (exact) mass is 493 g/mol. The van der Waals surface area contributed by atoms with Crippen LogP contribution in [0, 0.1) is 6.92 Å². The summed E-state index contributed by atoms with van der Waals surface area (Å²) >= 11 is 0. The summed E-state index contributed by atoms with van der Waals surface area (Å²) in [6, 6.07) is 21.5. The Bertz CT molecular complexity index is 1250. The summed E-state index contributed by atoms with van der Waals surface area (Å²) in [5, 5.41) is 2.95. The summed E-state index contributed by atoms with van der Waals surface area (Å²) in [5.74, 6) is -0.209. The number of benzene rings is 3. The molecule has 1 N–H and O–H groups in total. The van der Waals surface area contributed by atoms with Gasteiger partial charge in [-0.25, -0.2) is 8.42 Å². The molecule has 7 nitrogen and oxygen atoms in total. The van der Waals surface area contributed by atoms with E-state index in [0.29, 0.717) is 17.8 Å². The average Bonchev–Trinajstić information content (AvgIpc) is 2.88. The fourth-order valence-corrected chi connectivity index (χ4v) is 5.17. The van der Waals surface area contributed by atoms with Gasteiger partial charge in [0.2, 0.25) is 0 Å². The van der Waals surface area contributed by atoms with Crippen molar-refractivity contribution >= 4 is 21.6 Å². The minimum absolute atomic E-state index is 0.209. The number of rotatable bonds is 8. The predicted octanol–water partition coefficient (Wildman–Crippen LogP) is 3.58. The fourth-order valence-electron chi connectivity index (χ4n) is 3.97. The number of carbonyl (C=O) groups excluding carboxylic acids is 1.